The molecule has 0 aromatic carbocycles. The Kier molecular flexibility index (Phi) is 3.98. The van der Waals surface area contributed by atoms with Crippen LogP contribution in [0.15, 0.2) is 18.5 Å². The maximum Gasteiger partial charge on any atom is 0.257 e. The van der Waals surface area contributed by atoms with Crippen molar-refractivity contribution in [2.75, 3.05) is 11.1 Å². The van der Waals surface area contributed by atoms with E-state index in [1.165, 1.54) is 25.7 Å². The van der Waals surface area contributed by atoms with E-state index >= 15 is 0 Å². The Bertz CT molecular complexity index is 581. The Morgan fingerprint density at radius 2 is 2.05 bits per heavy atom. The second-order valence-corrected chi connectivity index (χ2v) is 5.63. The fraction of sp³-hybridized carbons (Fsp3) is 0.571. The Labute approximate surface area is 124 Å². The monoisotopic (exact) mass is 287 g/mol. The molecule has 2 unspecified atom stereocenters. The molecule has 0 amide bonds. The van der Waals surface area contributed by atoms with E-state index in [1.807, 2.05) is 6.07 Å². The lowest BCUT2D eigenvalue weighted by atomic mass is 9.97. The van der Waals surface area contributed by atoms with Gasteiger partial charge in [-0.2, -0.15) is 20.1 Å². The molecule has 1 fully saturated rings. The molecule has 1 aliphatic rings. The number of nitrogen functional groups attached to an aromatic ring is 1. The number of hydrogen-bond donors (Lipinski definition) is 2. The molecule has 7 heteroatoms. The van der Waals surface area contributed by atoms with E-state index in [4.69, 9.17) is 5.73 Å². The zero-order valence-electron chi connectivity index (χ0n) is 12.2. The molecular formula is C14H21N7. The van der Waals surface area contributed by atoms with Crippen LogP contribution in [0, 0.1) is 5.92 Å². The molecule has 1 saturated carbocycles. The van der Waals surface area contributed by atoms with Gasteiger partial charge in [0.25, 0.3) is 5.95 Å². The maximum absolute atomic E-state index is 5.79. The van der Waals surface area contributed by atoms with Crippen LogP contribution in [0.4, 0.5) is 11.9 Å². The topological polar surface area (TPSA) is 94.5 Å². The molecule has 1 aliphatic carbocycles. The summed E-state index contributed by atoms with van der Waals surface area (Å²) in [5.74, 6) is 1.79. The number of nitrogens with zero attached hydrogens (tertiary/aromatic N) is 5. The average Bonchev–Trinajstić information content (AvgIpc) is 2.92. The highest BCUT2D eigenvalue weighted by Gasteiger charge is 2.21. The second kappa shape index (κ2) is 6.07. The van der Waals surface area contributed by atoms with Crippen LogP contribution in [-0.4, -0.2) is 30.8 Å². The number of anilines is 2. The van der Waals surface area contributed by atoms with E-state index in [0.29, 0.717) is 23.9 Å². The van der Waals surface area contributed by atoms with E-state index in [0.717, 1.165) is 6.42 Å². The molecule has 2 heterocycles. The molecule has 112 valence electrons. The van der Waals surface area contributed by atoms with E-state index < -0.39 is 0 Å². The first-order valence-electron chi connectivity index (χ1n) is 7.50. The second-order valence-electron chi connectivity index (χ2n) is 5.63. The van der Waals surface area contributed by atoms with Gasteiger partial charge in [0, 0.05) is 18.4 Å². The van der Waals surface area contributed by atoms with Gasteiger partial charge < -0.3 is 11.1 Å². The SMILES string of the molecule is CC1CCCCCC1Nc1nc(N)nc(-n2cccn2)n1. The van der Waals surface area contributed by atoms with Crippen LogP contribution >= 0.6 is 0 Å². The normalized spacial score (nSPS) is 22.7. The molecule has 0 spiro atoms. The maximum atomic E-state index is 5.79. The van der Waals surface area contributed by atoms with Crippen LogP contribution in [0.5, 0.6) is 0 Å². The summed E-state index contributed by atoms with van der Waals surface area (Å²) in [4.78, 5) is 12.8. The molecule has 3 N–H and O–H groups in total. The van der Waals surface area contributed by atoms with E-state index in [-0.39, 0.29) is 5.95 Å². The molecule has 2 aromatic heterocycles. The van der Waals surface area contributed by atoms with Gasteiger partial charge in [-0.1, -0.05) is 26.2 Å². The van der Waals surface area contributed by atoms with Crippen LogP contribution in [0.1, 0.15) is 39.0 Å². The minimum absolute atomic E-state index is 0.208. The molecular weight excluding hydrogens is 266 g/mol. The van der Waals surface area contributed by atoms with Gasteiger partial charge in [-0.3, -0.25) is 0 Å². The smallest absolute Gasteiger partial charge is 0.257 e. The van der Waals surface area contributed by atoms with Crippen molar-refractivity contribution in [2.24, 2.45) is 5.92 Å². The van der Waals surface area contributed by atoms with Crippen molar-refractivity contribution >= 4 is 11.9 Å². The summed E-state index contributed by atoms with van der Waals surface area (Å²) in [6.07, 6.45) is 9.70. The van der Waals surface area contributed by atoms with Gasteiger partial charge in [-0.25, -0.2) is 4.68 Å². The van der Waals surface area contributed by atoms with Gasteiger partial charge in [0.2, 0.25) is 11.9 Å². The molecule has 2 aromatic rings. The van der Waals surface area contributed by atoms with E-state index in [1.54, 1.807) is 17.1 Å². The van der Waals surface area contributed by atoms with Crippen LogP contribution < -0.4 is 11.1 Å². The third kappa shape index (κ3) is 3.29. The Balaban J connectivity index is 1.81. The highest BCUT2D eigenvalue weighted by atomic mass is 15.4. The quantitative estimate of drug-likeness (QED) is 0.839. The van der Waals surface area contributed by atoms with Crippen LogP contribution in [0.2, 0.25) is 0 Å². The van der Waals surface area contributed by atoms with E-state index in [2.05, 4.69) is 32.3 Å². The summed E-state index contributed by atoms with van der Waals surface area (Å²) in [7, 11) is 0. The molecule has 0 aliphatic heterocycles. The molecule has 0 bridgehead atoms. The van der Waals surface area contributed by atoms with Gasteiger partial charge in [0.15, 0.2) is 0 Å². The highest BCUT2D eigenvalue weighted by Crippen LogP contribution is 2.25. The van der Waals surface area contributed by atoms with Gasteiger partial charge in [-0.05, 0) is 24.8 Å². The fourth-order valence-corrected chi connectivity index (χ4v) is 2.81. The largest absolute Gasteiger partial charge is 0.368 e. The molecule has 2 atom stereocenters. The number of aromatic nitrogens is 5. The lowest BCUT2D eigenvalue weighted by molar-refractivity contribution is 0.454. The van der Waals surface area contributed by atoms with Crippen molar-refractivity contribution in [1.29, 1.82) is 0 Å². The number of nitrogens with two attached hydrogens (primary N) is 1. The summed E-state index contributed by atoms with van der Waals surface area (Å²) >= 11 is 0. The molecule has 21 heavy (non-hydrogen) atoms. The van der Waals surface area contributed by atoms with Gasteiger partial charge in [0.05, 0.1) is 0 Å². The van der Waals surface area contributed by atoms with Crippen molar-refractivity contribution in [1.82, 2.24) is 24.7 Å². The summed E-state index contributed by atoms with van der Waals surface area (Å²) < 4.78 is 1.58. The van der Waals surface area contributed by atoms with Gasteiger partial charge in [-0.15, -0.1) is 0 Å². The van der Waals surface area contributed by atoms with Crippen LogP contribution in [0.3, 0.4) is 0 Å². The Hall–Kier alpha value is -2.18. The summed E-state index contributed by atoms with van der Waals surface area (Å²) in [6, 6.07) is 2.21. The summed E-state index contributed by atoms with van der Waals surface area (Å²) in [5.41, 5.74) is 5.79. The molecule has 0 radical (unpaired) electrons. The highest BCUT2D eigenvalue weighted by molar-refractivity contribution is 5.35. The standard InChI is InChI=1S/C14H21N7/c1-10-6-3-2-4-7-11(10)17-13-18-12(15)19-14(20-13)21-9-5-8-16-21/h5,8-11H,2-4,6-7H2,1H3,(H3,15,17,18,19,20). The van der Waals surface area contributed by atoms with Crippen molar-refractivity contribution in [3.63, 3.8) is 0 Å². The zero-order valence-corrected chi connectivity index (χ0v) is 12.2. The number of hydrogen-bond acceptors (Lipinski definition) is 6. The number of nitrogens with one attached hydrogen (secondary N) is 1. The lowest BCUT2D eigenvalue weighted by Gasteiger charge is -2.22. The van der Waals surface area contributed by atoms with Crippen LogP contribution in [0.25, 0.3) is 5.95 Å². The van der Waals surface area contributed by atoms with Crippen molar-refractivity contribution < 1.29 is 0 Å². The van der Waals surface area contributed by atoms with Crippen molar-refractivity contribution in [3.05, 3.63) is 18.5 Å². The van der Waals surface area contributed by atoms with Gasteiger partial charge in [0.1, 0.15) is 0 Å². The number of rotatable bonds is 3. The summed E-state index contributed by atoms with van der Waals surface area (Å²) in [5, 5.41) is 7.56. The lowest BCUT2D eigenvalue weighted by Crippen LogP contribution is -2.28. The van der Waals surface area contributed by atoms with E-state index in [9.17, 15) is 0 Å². The Morgan fingerprint density at radius 1 is 1.19 bits per heavy atom. The third-order valence-corrected chi connectivity index (χ3v) is 4.03. The van der Waals surface area contributed by atoms with Gasteiger partial charge >= 0.3 is 0 Å². The fourth-order valence-electron chi connectivity index (χ4n) is 2.81. The predicted octanol–water partition coefficient (Wildman–Crippen LogP) is 2.02. The zero-order chi connectivity index (χ0) is 14.7. The Morgan fingerprint density at radius 3 is 2.86 bits per heavy atom. The molecule has 3 rings (SSSR count). The van der Waals surface area contributed by atoms with Crippen LogP contribution in [-0.2, 0) is 0 Å². The predicted molar refractivity (Wildman–Crippen MR) is 81.0 cm³/mol. The molecule has 0 saturated heterocycles. The first kappa shape index (κ1) is 13.8. The van der Waals surface area contributed by atoms with Crippen molar-refractivity contribution in [2.45, 2.75) is 45.1 Å². The molecule has 7 nitrogen and oxygen atoms in total. The minimum Gasteiger partial charge on any atom is -0.368 e. The third-order valence-electron chi connectivity index (χ3n) is 4.03. The minimum atomic E-state index is 0.208. The van der Waals surface area contributed by atoms with Crippen molar-refractivity contribution in [3.8, 4) is 5.95 Å². The average molecular weight is 287 g/mol. The summed E-state index contributed by atoms with van der Waals surface area (Å²) in [6.45, 7) is 2.28. The first-order valence-corrected chi connectivity index (χ1v) is 7.50. The first-order chi connectivity index (χ1) is 10.2.